The summed E-state index contributed by atoms with van der Waals surface area (Å²) in [4.78, 5) is 24.0. The predicted octanol–water partition coefficient (Wildman–Crippen LogP) is 1.74. The number of carbonyl (C=O) groups excluding carboxylic acids is 2. The molecule has 1 atom stereocenters. The van der Waals surface area contributed by atoms with Gasteiger partial charge in [-0.1, -0.05) is 11.6 Å². The fourth-order valence-corrected chi connectivity index (χ4v) is 3.63. The summed E-state index contributed by atoms with van der Waals surface area (Å²) in [6, 6.07) is 4.42. The van der Waals surface area contributed by atoms with Gasteiger partial charge in [-0.25, -0.2) is 17.5 Å². The number of carbonyl (C=O) groups is 2. The number of anilines is 1. The molecule has 9 heteroatoms. The minimum Gasteiger partial charge on any atom is -0.465 e. The van der Waals surface area contributed by atoms with Gasteiger partial charge < -0.3 is 10.1 Å². The average molecular weight is 375 g/mol. The van der Waals surface area contributed by atoms with Crippen LogP contribution in [0.15, 0.2) is 18.2 Å². The van der Waals surface area contributed by atoms with Crippen molar-refractivity contribution < 1.29 is 22.7 Å². The molecule has 1 aromatic rings. The number of nitrogens with zero attached hydrogens (tertiary/aromatic N) is 1. The van der Waals surface area contributed by atoms with Crippen LogP contribution >= 0.6 is 11.6 Å². The molecule has 1 aliphatic rings. The summed E-state index contributed by atoms with van der Waals surface area (Å²) < 4.78 is 29.2. The normalized spacial score (nSPS) is 18.9. The molecule has 132 valence electrons. The first-order valence-corrected chi connectivity index (χ1v) is 9.59. The molecule has 1 N–H and O–H groups in total. The Morgan fingerprint density at radius 1 is 1.38 bits per heavy atom. The van der Waals surface area contributed by atoms with E-state index in [9.17, 15) is 18.0 Å². The van der Waals surface area contributed by atoms with Crippen LogP contribution < -0.4 is 5.32 Å². The number of methoxy groups -OCH3 is 1. The monoisotopic (exact) mass is 374 g/mol. The molecule has 1 aliphatic heterocycles. The van der Waals surface area contributed by atoms with Gasteiger partial charge in [0.2, 0.25) is 15.9 Å². The van der Waals surface area contributed by atoms with Crippen LogP contribution in [0.25, 0.3) is 0 Å². The quantitative estimate of drug-likeness (QED) is 0.810. The van der Waals surface area contributed by atoms with Gasteiger partial charge in [0.1, 0.15) is 0 Å². The summed E-state index contributed by atoms with van der Waals surface area (Å²) >= 11 is 6.06. The van der Waals surface area contributed by atoms with Gasteiger partial charge in [-0.2, -0.15) is 0 Å². The molecule has 2 rings (SSSR count). The highest BCUT2D eigenvalue weighted by atomic mass is 35.5. The van der Waals surface area contributed by atoms with E-state index < -0.39 is 21.9 Å². The number of hydrogen-bond donors (Lipinski definition) is 1. The largest absolute Gasteiger partial charge is 0.465 e. The van der Waals surface area contributed by atoms with E-state index in [0.29, 0.717) is 25.1 Å². The number of amides is 1. The standard InChI is InChI=1S/C15H19ClN2O5S/c1-23-15(20)10-5-6-12(16)13(8-10)17-14(19)11-4-3-7-18(9-11)24(2,21)22/h5-6,8,11H,3-4,7,9H2,1-2H3,(H,17,19). The van der Waals surface area contributed by atoms with E-state index in [1.54, 1.807) is 0 Å². The molecule has 0 bridgehead atoms. The number of esters is 1. The number of nitrogens with one attached hydrogen (secondary N) is 1. The summed E-state index contributed by atoms with van der Waals surface area (Å²) in [6.07, 6.45) is 2.33. The zero-order valence-electron chi connectivity index (χ0n) is 13.4. The minimum atomic E-state index is -3.33. The maximum absolute atomic E-state index is 12.4. The van der Waals surface area contributed by atoms with Crippen LogP contribution in [0.3, 0.4) is 0 Å². The number of piperidine rings is 1. The van der Waals surface area contributed by atoms with E-state index in [-0.39, 0.29) is 23.0 Å². The van der Waals surface area contributed by atoms with Crippen LogP contribution in [-0.2, 0) is 19.6 Å². The summed E-state index contributed by atoms with van der Waals surface area (Å²) in [5.41, 5.74) is 0.555. The van der Waals surface area contributed by atoms with E-state index in [2.05, 4.69) is 10.1 Å². The van der Waals surface area contributed by atoms with Crippen LogP contribution in [0.4, 0.5) is 5.69 Å². The van der Waals surface area contributed by atoms with Crippen LogP contribution in [0.1, 0.15) is 23.2 Å². The summed E-state index contributed by atoms with van der Waals surface area (Å²) in [7, 11) is -2.07. The van der Waals surface area contributed by atoms with Crippen LogP contribution in [0.5, 0.6) is 0 Å². The lowest BCUT2D eigenvalue weighted by Gasteiger charge is -2.30. The zero-order valence-corrected chi connectivity index (χ0v) is 15.0. The number of hydrogen-bond acceptors (Lipinski definition) is 5. The number of sulfonamides is 1. The highest BCUT2D eigenvalue weighted by Gasteiger charge is 2.30. The topological polar surface area (TPSA) is 92.8 Å². The maximum Gasteiger partial charge on any atom is 0.337 e. The third kappa shape index (κ3) is 4.46. The van der Waals surface area contributed by atoms with E-state index >= 15 is 0 Å². The molecule has 0 spiro atoms. The molecule has 1 fully saturated rings. The lowest BCUT2D eigenvalue weighted by Crippen LogP contribution is -2.43. The molecule has 24 heavy (non-hydrogen) atoms. The number of rotatable bonds is 4. The summed E-state index contributed by atoms with van der Waals surface area (Å²) in [5, 5.41) is 2.96. The van der Waals surface area contributed by atoms with Crippen molar-refractivity contribution in [1.29, 1.82) is 0 Å². The fourth-order valence-electron chi connectivity index (χ4n) is 2.56. The van der Waals surface area contributed by atoms with Gasteiger partial charge in [0.05, 0.1) is 35.6 Å². The minimum absolute atomic E-state index is 0.138. The van der Waals surface area contributed by atoms with E-state index in [4.69, 9.17) is 11.6 Å². The van der Waals surface area contributed by atoms with Crippen molar-refractivity contribution in [1.82, 2.24) is 4.31 Å². The molecule has 1 aromatic carbocycles. The second-order valence-corrected chi connectivity index (χ2v) is 8.03. The number of benzene rings is 1. The van der Waals surface area contributed by atoms with Gasteiger partial charge in [-0.3, -0.25) is 4.79 Å². The van der Waals surface area contributed by atoms with Crippen LogP contribution in [0.2, 0.25) is 5.02 Å². The van der Waals surface area contributed by atoms with Gasteiger partial charge >= 0.3 is 5.97 Å². The van der Waals surface area contributed by atoms with Gasteiger partial charge in [-0.05, 0) is 31.0 Å². The Labute approximate surface area is 146 Å². The van der Waals surface area contributed by atoms with E-state index in [1.165, 1.54) is 29.6 Å². The Morgan fingerprint density at radius 3 is 2.71 bits per heavy atom. The highest BCUT2D eigenvalue weighted by molar-refractivity contribution is 7.88. The summed E-state index contributed by atoms with van der Waals surface area (Å²) in [5.74, 6) is -1.33. The maximum atomic E-state index is 12.4. The molecule has 1 heterocycles. The molecule has 0 aliphatic carbocycles. The Balaban J connectivity index is 2.13. The molecule has 0 radical (unpaired) electrons. The van der Waals surface area contributed by atoms with Gasteiger partial charge in [-0.15, -0.1) is 0 Å². The SMILES string of the molecule is COC(=O)c1ccc(Cl)c(NC(=O)C2CCCN(S(C)(=O)=O)C2)c1. The fraction of sp³-hybridized carbons (Fsp3) is 0.467. The van der Waals surface area contributed by atoms with Gasteiger partial charge in [0.15, 0.2) is 0 Å². The number of ether oxygens (including phenoxy) is 1. The number of halogens is 1. The lowest BCUT2D eigenvalue weighted by atomic mass is 9.98. The lowest BCUT2D eigenvalue weighted by molar-refractivity contribution is -0.120. The Morgan fingerprint density at radius 2 is 2.08 bits per heavy atom. The van der Waals surface area contributed by atoms with Crippen molar-refractivity contribution in [3.05, 3.63) is 28.8 Å². The Bertz CT molecular complexity index is 750. The van der Waals surface area contributed by atoms with Crippen molar-refractivity contribution in [3.63, 3.8) is 0 Å². The first kappa shape index (κ1) is 18.7. The van der Waals surface area contributed by atoms with Crippen molar-refractivity contribution in [3.8, 4) is 0 Å². The van der Waals surface area contributed by atoms with Gasteiger partial charge in [0, 0.05) is 13.1 Å². The third-order valence-corrected chi connectivity index (χ3v) is 5.47. The smallest absolute Gasteiger partial charge is 0.337 e. The average Bonchev–Trinajstić information content (AvgIpc) is 2.55. The molecule has 1 amide bonds. The third-order valence-electron chi connectivity index (χ3n) is 3.87. The zero-order chi connectivity index (χ0) is 17.9. The van der Waals surface area contributed by atoms with Crippen molar-refractivity contribution in [2.45, 2.75) is 12.8 Å². The molecular weight excluding hydrogens is 356 g/mol. The predicted molar refractivity (Wildman–Crippen MR) is 90.6 cm³/mol. The van der Waals surface area contributed by atoms with E-state index in [0.717, 1.165) is 6.26 Å². The first-order valence-electron chi connectivity index (χ1n) is 7.36. The highest BCUT2D eigenvalue weighted by Crippen LogP contribution is 2.26. The Hall–Kier alpha value is -1.64. The van der Waals surface area contributed by atoms with Crippen molar-refractivity contribution >= 4 is 39.2 Å². The van der Waals surface area contributed by atoms with Gasteiger partial charge in [0.25, 0.3) is 0 Å². The Kier molecular flexibility index (Phi) is 5.84. The molecule has 7 nitrogen and oxygen atoms in total. The molecule has 1 unspecified atom stereocenters. The first-order chi connectivity index (χ1) is 11.2. The second-order valence-electron chi connectivity index (χ2n) is 5.64. The molecule has 1 saturated heterocycles. The van der Waals surface area contributed by atoms with Crippen molar-refractivity contribution in [2.24, 2.45) is 5.92 Å². The molecule has 0 saturated carbocycles. The van der Waals surface area contributed by atoms with Crippen LogP contribution in [-0.4, -0.2) is 51.1 Å². The van der Waals surface area contributed by atoms with Crippen LogP contribution in [0, 0.1) is 5.92 Å². The second kappa shape index (κ2) is 7.50. The summed E-state index contributed by atoms with van der Waals surface area (Å²) in [6.45, 7) is 0.556. The molecule has 0 aromatic heterocycles. The molecular formula is C15H19ClN2O5S. The van der Waals surface area contributed by atoms with E-state index in [1.807, 2.05) is 0 Å². The van der Waals surface area contributed by atoms with Crippen molar-refractivity contribution in [2.75, 3.05) is 31.8 Å².